The molecular weight excluding hydrogens is 338 g/mol. The average Bonchev–Trinajstić information content (AvgIpc) is 3.10. The number of carbonyl (C=O) groups excluding carboxylic acids is 1. The molecule has 25 heavy (non-hydrogen) atoms. The number of hydrogen-bond donors (Lipinski definition) is 1. The summed E-state index contributed by atoms with van der Waals surface area (Å²) in [4.78, 5) is 16.8. The monoisotopic (exact) mass is 353 g/mol. The number of ether oxygens (including phenoxy) is 2. The van der Waals surface area contributed by atoms with Crippen molar-refractivity contribution in [2.24, 2.45) is 0 Å². The smallest absolute Gasteiger partial charge is 0.270 e. The third kappa shape index (κ3) is 3.32. The van der Waals surface area contributed by atoms with Crippen molar-refractivity contribution >= 4 is 22.6 Å². The molecule has 1 amide bonds. The number of nitrogens with zero attached hydrogens (tertiary/aromatic N) is 2. The van der Waals surface area contributed by atoms with Gasteiger partial charge in [0.15, 0.2) is 17.3 Å². The van der Waals surface area contributed by atoms with E-state index in [9.17, 15) is 4.79 Å². The van der Waals surface area contributed by atoms with E-state index >= 15 is 0 Å². The van der Waals surface area contributed by atoms with E-state index in [2.05, 4.69) is 14.7 Å². The Morgan fingerprint density at radius 3 is 2.72 bits per heavy atom. The molecule has 126 valence electrons. The molecular formula is C18H15N3O3S. The van der Waals surface area contributed by atoms with Crippen molar-refractivity contribution in [1.82, 2.24) is 9.36 Å². The molecule has 0 saturated heterocycles. The highest BCUT2D eigenvalue weighted by Gasteiger charge is 2.28. The van der Waals surface area contributed by atoms with Crippen LogP contribution in [0, 0.1) is 6.92 Å². The summed E-state index contributed by atoms with van der Waals surface area (Å²) in [6.45, 7) is 2.18. The molecule has 1 unspecified atom stereocenters. The second-order valence-corrected chi connectivity index (χ2v) is 6.39. The molecule has 6 nitrogen and oxygen atoms in total. The number of aromatic nitrogens is 2. The largest absolute Gasteiger partial charge is 0.485 e. The molecule has 1 N–H and O–H groups in total. The Bertz CT molecular complexity index is 908. The van der Waals surface area contributed by atoms with Crippen LogP contribution in [0.4, 0.5) is 5.13 Å². The predicted octanol–water partition coefficient (Wildman–Crippen LogP) is 3.29. The van der Waals surface area contributed by atoms with Crippen molar-refractivity contribution in [3.63, 3.8) is 0 Å². The summed E-state index contributed by atoms with van der Waals surface area (Å²) in [5, 5.41) is 3.18. The number of benzene rings is 2. The molecule has 0 bridgehead atoms. The van der Waals surface area contributed by atoms with Crippen LogP contribution in [0.2, 0.25) is 0 Å². The number of aryl methyl sites for hydroxylation is 1. The number of rotatable bonds is 3. The van der Waals surface area contributed by atoms with Gasteiger partial charge in [-0.2, -0.15) is 9.36 Å². The van der Waals surface area contributed by atoms with Gasteiger partial charge < -0.3 is 9.47 Å². The second kappa shape index (κ2) is 6.52. The van der Waals surface area contributed by atoms with Gasteiger partial charge in [-0.3, -0.25) is 10.1 Å². The minimum Gasteiger partial charge on any atom is -0.485 e. The Morgan fingerprint density at radius 1 is 1.16 bits per heavy atom. The van der Waals surface area contributed by atoms with Gasteiger partial charge in [0.05, 0.1) is 0 Å². The highest BCUT2D eigenvalue weighted by molar-refractivity contribution is 7.10. The standard InChI is InChI=1S/C18H15N3O3S/c1-11-6-8-12(9-7-11)16-19-18(25-21-16)20-17(22)15-10-23-13-4-2-3-5-14(13)24-15/h2-9,15H,10H2,1H3,(H,19,20,21,22). The fraction of sp³-hybridized carbons (Fsp3) is 0.167. The van der Waals surface area contributed by atoms with Crippen LogP contribution in [0.3, 0.4) is 0 Å². The van der Waals surface area contributed by atoms with Gasteiger partial charge in [0.1, 0.15) is 6.61 Å². The van der Waals surface area contributed by atoms with E-state index in [0.29, 0.717) is 22.5 Å². The lowest BCUT2D eigenvalue weighted by Crippen LogP contribution is -2.40. The molecule has 1 aromatic heterocycles. The number of fused-ring (bicyclic) bond motifs is 1. The maximum atomic E-state index is 12.4. The fourth-order valence-corrected chi connectivity index (χ4v) is 3.02. The molecule has 0 spiro atoms. The predicted molar refractivity (Wildman–Crippen MR) is 95.1 cm³/mol. The first kappa shape index (κ1) is 15.6. The van der Waals surface area contributed by atoms with Crippen molar-refractivity contribution in [2.75, 3.05) is 11.9 Å². The fourth-order valence-electron chi connectivity index (χ4n) is 2.43. The molecule has 1 aliphatic heterocycles. The normalized spacial score (nSPS) is 15.6. The van der Waals surface area contributed by atoms with E-state index in [1.807, 2.05) is 49.4 Å². The quantitative estimate of drug-likeness (QED) is 0.782. The first-order valence-electron chi connectivity index (χ1n) is 7.79. The SMILES string of the molecule is Cc1ccc(-c2nsc(NC(=O)C3COc4ccccc4O3)n2)cc1. The molecule has 0 fully saturated rings. The molecule has 1 aliphatic rings. The summed E-state index contributed by atoms with van der Waals surface area (Å²) in [7, 11) is 0. The summed E-state index contributed by atoms with van der Waals surface area (Å²) >= 11 is 1.14. The molecule has 0 aliphatic carbocycles. The number of hydrogen-bond acceptors (Lipinski definition) is 6. The molecule has 2 aromatic carbocycles. The molecule has 7 heteroatoms. The zero-order valence-electron chi connectivity index (χ0n) is 13.4. The Morgan fingerprint density at radius 2 is 1.92 bits per heavy atom. The molecule has 3 aromatic rings. The summed E-state index contributed by atoms with van der Waals surface area (Å²) in [5.41, 5.74) is 2.08. The first-order chi connectivity index (χ1) is 12.2. The van der Waals surface area contributed by atoms with Crippen molar-refractivity contribution in [3.8, 4) is 22.9 Å². The first-order valence-corrected chi connectivity index (χ1v) is 8.56. The molecule has 4 rings (SSSR count). The van der Waals surface area contributed by atoms with Crippen LogP contribution in [0.1, 0.15) is 5.56 Å². The van der Waals surface area contributed by atoms with Gasteiger partial charge in [-0.1, -0.05) is 42.0 Å². The van der Waals surface area contributed by atoms with E-state index in [1.54, 1.807) is 6.07 Å². The maximum Gasteiger partial charge on any atom is 0.270 e. The lowest BCUT2D eigenvalue weighted by atomic mass is 10.1. The minimum atomic E-state index is -0.721. The lowest BCUT2D eigenvalue weighted by Gasteiger charge is -2.25. The highest BCUT2D eigenvalue weighted by atomic mass is 32.1. The zero-order valence-corrected chi connectivity index (χ0v) is 14.2. The summed E-state index contributed by atoms with van der Waals surface area (Å²) in [6, 6.07) is 15.2. The third-order valence-electron chi connectivity index (χ3n) is 3.77. The maximum absolute atomic E-state index is 12.4. The summed E-state index contributed by atoms with van der Waals surface area (Å²) in [6.07, 6.45) is -0.721. The number of carbonyl (C=O) groups is 1. The van der Waals surface area contributed by atoms with Gasteiger partial charge in [0, 0.05) is 17.1 Å². The van der Waals surface area contributed by atoms with Gasteiger partial charge >= 0.3 is 0 Å². The van der Waals surface area contributed by atoms with E-state index in [0.717, 1.165) is 17.1 Å². The van der Waals surface area contributed by atoms with Crippen LogP contribution >= 0.6 is 11.5 Å². The van der Waals surface area contributed by atoms with E-state index < -0.39 is 6.10 Å². The molecule has 0 radical (unpaired) electrons. The van der Waals surface area contributed by atoms with Gasteiger partial charge in [-0.15, -0.1) is 0 Å². The third-order valence-corrected chi connectivity index (χ3v) is 4.40. The highest BCUT2D eigenvalue weighted by Crippen LogP contribution is 2.31. The zero-order chi connectivity index (χ0) is 17.2. The van der Waals surface area contributed by atoms with Gasteiger partial charge in [-0.25, -0.2) is 0 Å². The van der Waals surface area contributed by atoms with E-state index in [-0.39, 0.29) is 12.5 Å². The lowest BCUT2D eigenvalue weighted by molar-refractivity contribution is -0.125. The van der Waals surface area contributed by atoms with Gasteiger partial charge in [-0.05, 0) is 19.1 Å². The summed E-state index contributed by atoms with van der Waals surface area (Å²) < 4.78 is 15.5. The van der Waals surface area contributed by atoms with Crippen LogP contribution in [0.25, 0.3) is 11.4 Å². The van der Waals surface area contributed by atoms with Crippen molar-refractivity contribution in [2.45, 2.75) is 13.0 Å². The molecule has 0 saturated carbocycles. The number of nitrogens with one attached hydrogen (secondary N) is 1. The van der Waals surface area contributed by atoms with Gasteiger partial charge in [0.25, 0.3) is 5.91 Å². The Hall–Kier alpha value is -2.93. The Labute approximate surface area is 148 Å². The molecule has 1 atom stereocenters. The van der Waals surface area contributed by atoms with E-state index in [4.69, 9.17) is 9.47 Å². The molecule has 2 heterocycles. The minimum absolute atomic E-state index is 0.159. The van der Waals surface area contributed by atoms with E-state index in [1.165, 1.54) is 5.56 Å². The van der Waals surface area contributed by atoms with Crippen LogP contribution in [0.15, 0.2) is 48.5 Å². The number of anilines is 1. The van der Waals surface area contributed by atoms with Crippen molar-refractivity contribution in [1.29, 1.82) is 0 Å². The van der Waals surface area contributed by atoms with Crippen molar-refractivity contribution in [3.05, 3.63) is 54.1 Å². The van der Waals surface area contributed by atoms with Crippen molar-refractivity contribution < 1.29 is 14.3 Å². The Balaban J connectivity index is 1.44. The summed E-state index contributed by atoms with van der Waals surface area (Å²) in [5.74, 6) is 1.49. The van der Waals surface area contributed by atoms with Crippen LogP contribution in [-0.4, -0.2) is 28.0 Å². The number of amides is 1. The second-order valence-electron chi connectivity index (χ2n) is 5.64. The van der Waals surface area contributed by atoms with Crippen LogP contribution < -0.4 is 14.8 Å². The average molecular weight is 353 g/mol. The van der Waals surface area contributed by atoms with Crippen LogP contribution in [0.5, 0.6) is 11.5 Å². The topological polar surface area (TPSA) is 73.3 Å². The Kier molecular flexibility index (Phi) is 4.07. The van der Waals surface area contributed by atoms with Gasteiger partial charge in [0.2, 0.25) is 11.2 Å². The van der Waals surface area contributed by atoms with Crippen LogP contribution in [-0.2, 0) is 4.79 Å². The number of para-hydroxylation sites is 2.